The van der Waals surface area contributed by atoms with E-state index in [0.717, 1.165) is 0 Å². The van der Waals surface area contributed by atoms with Gasteiger partial charge in [0.1, 0.15) is 17.5 Å². The smallest absolute Gasteiger partial charge is 0.251 e. The lowest BCUT2D eigenvalue weighted by atomic mass is 10.4. The molecule has 2 aromatic rings. The van der Waals surface area contributed by atoms with E-state index in [4.69, 9.17) is 17.3 Å². The number of nitrogens with two attached hydrogens (primary N) is 1. The van der Waals surface area contributed by atoms with E-state index in [9.17, 15) is 9.59 Å². The van der Waals surface area contributed by atoms with Crippen LogP contribution in [0.2, 0.25) is 5.15 Å². The molecule has 0 aliphatic heterocycles. The largest absolute Gasteiger partial charge is 0.398 e. The van der Waals surface area contributed by atoms with Crippen LogP contribution in [0.25, 0.3) is 0 Å². The lowest BCUT2D eigenvalue weighted by Gasteiger charge is -2.07. The van der Waals surface area contributed by atoms with Gasteiger partial charge in [-0.15, -0.1) is 0 Å². The van der Waals surface area contributed by atoms with Crippen molar-refractivity contribution in [2.45, 2.75) is 6.54 Å². The van der Waals surface area contributed by atoms with Crippen molar-refractivity contribution in [3.63, 3.8) is 0 Å². The number of nitrogens with one attached hydrogen (secondary N) is 1. The maximum absolute atomic E-state index is 11.8. The summed E-state index contributed by atoms with van der Waals surface area (Å²) >= 11 is 5.70. The monoisotopic (exact) mass is 278 g/mol. The number of hydrogen-bond acceptors (Lipinski definition) is 4. The van der Waals surface area contributed by atoms with E-state index >= 15 is 0 Å². The highest BCUT2D eigenvalue weighted by Gasteiger charge is 2.06. The van der Waals surface area contributed by atoms with Crippen molar-refractivity contribution < 1.29 is 4.79 Å². The first-order valence-corrected chi connectivity index (χ1v) is 5.81. The van der Waals surface area contributed by atoms with Crippen molar-refractivity contribution in [2.24, 2.45) is 0 Å². The molecule has 2 heterocycles. The second-order valence-electron chi connectivity index (χ2n) is 3.82. The van der Waals surface area contributed by atoms with Crippen LogP contribution < -0.4 is 16.6 Å². The predicted octanol–water partition coefficient (Wildman–Crippen LogP) is 1.12. The number of aromatic nitrogens is 2. The fourth-order valence-corrected chi connectivity index (χ4v) is 1.65. The second kappa shape index (κ2) is 5.53. The number of carbonyl (C=O) groups is 1. The van der Waals surface area contributed by atoms with Gasteiger partial charge in [-0.3, -0.25) is 9.59 Å². The molecule has 6 nitrogen and oxygen atoms in total. The highest BCUT2D eigenvalue weighted by Crippen LogP contribution is 2.09. The molecule has 2 aromatic heterocycles. The van der Waals surface area contributed by atoms with Crippen LogP contribution in [-0.2, 0) is 11.3 Å². The number of anilines is 2. The Bertz CT molecular complexity index is 669. The van der Waals surface area contributed by atoms with Crippen molar-refractivity contribution in [1.29, 1.82) is 0 Å². The Labute approximate surface area is 113 Å². The fourth-order valence-electron chi connectivity index (χ4n) is 1.49. The number of pyridine rings is 2. The molecule has 98 valence electrons. The van der Waals surface area contributed by atoms with Crippen molar-refractivity contribution in [3.8, 4) is 0 Å². The molecule has 0 fully saturated rings. The predicted molar refractivity (Wildman–Crippen MR) is 73.0 cm³/mol. The minimum atomic E-state index is -0.387. The van der Waals surface area contributed by atoms with Crippen LogP contribution in [0.5, 0.6) is 0 Å². The summed E-state index contributed by atoms with van der Waals surface area (Å²) in [5.74, 6) is -0.0584. The second-order valence-corrected chi connectivity index (χ2v) is 4.21. The molecule has 7 heteroatoms. The summed E-state index contributed by atoms with van der Waals surface area (Å²) in [4.78, 5) is 27.2. The molecule has 0 radical (unpaired) electrons. The van der Waals surface area contributed by atoms with Crippen LogP contribution in [0.3, 0.4) is 0 Å². The molecule has 0 bridgehead atoms. The minimum absolute atomic E-state index is 0.141. The van der Waals surface area contributed by atoms with Gasteiger partial charge in [0.25, 0.3) is 5.56 Å². The lowest BCUT2D eigenvalue weighted by molar-refractivity contribution is -0.116. The normalized spacial score (nSPS) is 10.2. The van der Waals surface area contributed by atoms with Crippen LogP contribution in [0.4, 0.5) is 11.5 Å². The van der Waals surface area contributed by atoms with E-state index in [-0.39, 0.29) is 23.2 Å². The van der Waals surface area contributed by atoms with Gasteiger partial charge in [0.2, 0.25) is 5.91 Å². The first-order valence-electron chi connectivity index (χ1n) is 5.43. The van der Waals surface area contributed by atoms with Crippen molar-refractivity contribution in [2.75, 3.05) is 11.1 Å². The van der Waals surface area contributed by atoms with Crippen LogP contribution in [0, 0.1) is 0 Å². The topological polar surface area (TPSA) is 90.0 Å². The maximum Gasteiger partial charge on any atom is 0.251 e. The van der Waals surface area contributed by atoms with Crippen molar-refractivity contribution in [3.05, 3.63) is 52.0 Å². The SMILES string of the molecule is Nc1ccc(=O)n(CC(=O)Nc2cccc(Cl)n2)c1. The Morgan fingerprint density at radius 1 is 1.37 bits per heavy atom. The van der Waals surface area contributed by atoms with Gasteiger partial charge in [0, 0.05) is 18.0 Å². The molecule has 0 aliphatic carbocycles. The number of rotatable bonds is 3. The zero-order chi connectivity index (χ0) is 13.8. The molecule has 0 saturated carbocycles. The molecule has 0 aromatic carbocycles. The Balaban J connectivity index is 2.09. The van der Waals surface area contributed by atoms with Crippen molar-refractivity contribution >= 4 is 29.0 Å². The molecular formula is C12H11ClN4O2. The van der Waals surface area contributed by atoms with Crippen molar-refractivity contribution in [1.82, 2.24) is 9.55 Å². The van der Waals surface area contributed by atoms with E-state index in [1.165, 1.54) is 22.9 Å². The third-order valence-electron chi connectivity index (χ3n) is 2.30. The molecule has 0 aliphatic rings. The van der Waals surface area contributed by atoms with Crippen LogP contribution in [0.1, 0.15) is 0 Å². The van der Waals surface area contributed by atoms with Gasteiger partial charge in [0.15, 0.2) is 0 Å². The van der Waals surface area contributed by atoms with Crippen LogP contribution in [-0.4, -0.2) is 15.5 Å². The molecular weight excluding hydrogens is 268 g/mol. The highest BCUT2D eigenvalue weighted by molar-refractivity contribution is 6.29. The summed E-state index contributed by atoms with van der Waals surface area (Å²) in [6, 6.07) is 7.65. The summed E-state index contributed by atoms with van der Waals surface area (Å²) in [5, 5.41) is 2.82. The maximum atomic E-state index is 11.8. The highest BCUT2D eigenvalue weighted by atomic mass is 35.5. The molecule has 0 saturated heterocycles. The van der Waals surface area contributed by atoms with Gasteiger partial charge in [-0.25, -0.2) is 4.98 Å². The number of nitrogen functional groups attached to an aromatic ring is 1. The van der Waals surface area contributed by atoms with Gasteiger partial charge in [-0.2, -0.15) is 0 Å². The number of carbonyl (C=O) groups excluding carboxylic acids is 1. The van der Waals surface area contributed by atoms with Gasteiger partial charge in [-0.1, -0.05) is 17.7 Å². The number of amides is 1. The minimum Gasteiger partial charge on any atom is -0.398 e. The average Bonchev–Trinajstić information content (AvgIpc) is 2.34. The Morgan fingerprint density at radius 3 is 2.89 bits per heavy atom. The number of halogens is 1. The van der Waals surface area contributed by atoms with E-state index in [0.29, 0.717) is 11.5 Å². The summed E-state index contributed by atoms with van der Waals surface area (Å²) in [7, 11) is 0. The van der Waals surface area contributed by atoms with E-state index < -0.39 is 0 Å². The first kappa shape index (κ1) is 13.1. The molecule has 2 rings (SSSR count). The Morgan fingerprint density at radius 2 is 2.16 bits per heavy atom. The van der Waals surface area contributed by atoms with Gasteiger partial charge in [-0.05, 0) is 18.2 Å². The molecule has 0 spiro atoms. The summed E-state index contributed by atoms with van der Waals surface area (Å²) in [6.45, 7) is -0.141. The third-order valence-corrected chi connectivity index (χ3v) is 2.51. The molecule has 0 unspecified atom stereocenters. The summed E-state index contributed by atoms with van der Waals surface area (Å²) in [6.07, 6.45) is 1.41. The molecule has 3 N–H and O–H groups in total. The molecule has 1 amide bonds. The fraction of sp³-hybridized carbons (Fsp3) is 0.0833. The third kappa shape index (κ3) is 3.56. The zero-order valence-electron chi connectivity index (χ0n) is 9.84. The number of nitrogens with zero attached hydrogens (tertiary/aromatic N) is 2. The lowest BCUT2D eigenvalue weighted by Crippen LogP contribution is -2.27. The standard InChI is InChI=1S/C12H11ClN4O2/c13-9-2-1-3-10(15-9)16-11(18)7-17-6-8(14)4-5-12(17)19/h1-6H,7,14H2,(H,15,16,18). The quantitative estimate of drug-likeness (QED) is 0.823. The first-order chi connectivity index (χ1) is 9.04. The average molecular weight is 279 g/mol. The van der Waals surface area contributed by atoms with Crippen LogP contribution in [0.15, 0.2) is 41.3 Å². The number of hydrogen-bond donors (Lipinski definition) is 2. The summed E-state index contributed by atoms with van der Waals surface area (Å²) < 4.78 is 1.22. The molecule has 0 atom stereocenters. The van der Waals surface area contributed by atoms with Gasteiger partial charge in [0.05, 0.1) is 0 Å². The van der Waals surface area contributed by atoms with Crippen LogP contribution >= 0.6 is 11.6 Å². The summed E-state index contributed by atoms with van der Waals surface area (Å²) in [5.41, 5.74) is 5.66. The Kier molecular flexibility index (Phi) is 3.82. The Hall–Kier alpha value is -2.34. The zero-order valence-corrected chi connectivity index (χ0v) is 10.6. The van der Waals surface area contributed by atoms with E-state index in [2.05, 4.69) is 10.3 Å². The van der Waals surface area contributed by atoms with E-state index in [1.54, 1.807) is 18.2 Å². The molecule has 19 heavy (non-hydrogen) atoms. The van der Waals surface area contributed by atoms with Gasteiger partial charge >= 0.3 is 0 Å². The van der Waals surface area contributed by atoms with Gasteiger partial charge < -0.3 is 15.6 Å². The van der Waals surface area contributed by atoms with E-state index in [1.807, 2.05) is 0 Å².